The minimum absolute atomic E-state index is 0.149. The van der Waals surface area contributed by atoms with Gasteiger partial charge in [-0.3, -0.25) is 0 Å². The molecule has 2 fully saturated rings. The van der Waals surface area contributed by atoms with Crippen LogP contribution < -0.4 is 15.5 Å². The predicted molar refractivity (Wildman–Crippen MR) is 85.4 cm³/mol. The first-order valence-corrected chi connectivity index (χ1v) is 7.86. The number of nitrogens with zero attached hydrogens (tertiary/aromatic N) is 3. The molecule has 0 amide bonds. The molecule has 7 nitrogen and oxygen atoms in total. The van der Waals surface area contributed by atoms with Crippen LogP contribution in [0.3, 0.4) is 0 Å². The molecule has 2 aliphatic heterocycles. The molecular formula is C15H25N5O2. The molecule has 2 saturated heterocycles. The summed E-state index contributed by atoms with van der Waals surface area (Å²) in [5.74, 6) is 1.72. The van der Waals surface area contributed by atoms with Gasteiger partial charge < -0.3 is 25.0 Å². The van der Waals surface area contributed by atoms with Crippen LogP contribution in [0.25, 0.3) is 0 Å². The zero-order valence-corrected chi connectivity index (χ0v) is 13.3. The second kappa shape index (κ2) is 6.76. The molecule has 0 bridgehead atoms. The second-order valence-electron chi connectivity index (χ2n) is 6.23. The number of aromatic nitrogens is 2. The lowest BCUT2D eigenvalue weighted by molar-refractivity contribution is -0.0740. The van der Waals surface area contributed by atoms with Crippen molar-refractivity contribution < 1.29 is 9.47 Å². The van der Waals surface area contributed by atoms with Crippen LogP contribution in [-0.4, -0.2) is 68.6 Å². The Labute approximate surface area is 131 Å². The van der Waals surface area contributed by atoms with Gasteiger partial charge in [-0.2, -0.15) is 0 Å². The molecule has 122 valence electrons. The van der Waals surface area contributed by atoms with Gasteiger partial charge in [0.25, 0.3) is 0 Å². The highest BCUT2D eigenvalue weighted by molar-refractivity contribution is 5.47. The number of nitrogens with one attached hydrogen (secondary N) is 2. The van der Waals surface area contributed by atoms with Crippen molar-refractivity contribution in [3.8, 4) is 0 Å². The van der Waals surface area contributed by atoms with Crippen LogP contribution in [0.15, 0.2) is 12.4 Å². The van der Waals surface area contributed by atoms with Gasteiger partial charge in [0, 0.05) is 39.8 Å². The van der Waals surface area contributed by atoms with E-state index in [1.54, 1.807) is 6.33 Å². The molecule has 0 radical (unpaired) electrons. The number of ether oxygens (including phenoxy) is 2. The standard InChI is InChI=1S/C15H25N5O2/c1-20(2)14-7-13(18-11-19-14)17-8-12-3-4-15(22-12)9-16-5-6-21-10-15/h7,11-12,16H,3-6,8-10H2,1-2H3,(H,17,18,19). The summed E-state index contributed by atoms with van der Waals surface area (Å²) in [5, 5.41) is 6.75. The normalized spacial score (nSPS) is 28.5. The number of anilines is 2. The summed E-state index contributed by atoms with van der Waals surface area (Å²) in [7, 11) is 3.93. The van der Waals surface area contributed by atoms with Gasteiger partial charge in [0.05, 0.1) is 19.3 Å². The summed E-state index contributed by atoms with van der Waals surface area (Å²) in [6.45, 7) is 3.99. The Bertz CT molecular complexity index is 489. The molecule has 1 aromatic rings. The fraction of sp³-hybridized carbons (Fsp3) is 0.733. The first-order valence-electron chi connectivity index (χ1n) is 7.86. The molecule has 7 heteroatoms. The van der Waals surface area contributed by atoms with Crippen molar-refractivity contribution in [1.82, 2.24) is 15.3 Å². The average Bonchev–Trinajstić information content (AvgIpc) is 2.77. The highest BCUT2D eigenvalue weighted by Gasteiger charge is 2.40. The summed E-state index contributed by atoms with van der Waals surface area (Å²) in [6, 6.07) is 1.95. The van der Waals surface area contributed by atoms with E-state index in [0.717, 1.165) is 50.7 Å². The van der Waals surface area contributed by atoms with E-state index < -0.39 is 0 Å². The van der Waals surface area contributed by atoms with E-state index >= 15 is 0 Å². The Morgan fingerprint density at radius 1 is 1.45 bits per heavy atom. The van der Waals surface area contributed by atoms with Crippen molar-refractivity contribution in [3.63, 3.8) is 0 Å². The predicted octanol–water partition coefficient (Wildman–Crippen LogP) is 0.492. The third kappa shape index (κ3) is 3.66. The summed E-state index contributed by atoms with van der Waals surface area (Å²) in [5.41, 5.74) is -0.149. The second-order valence-corrected chi connectivity index (χ2v) is 6.23. The fourth-order valence-electron chi connectivity index (χ4n) is 2.95. The van der Waals surface area contributed by atoms with Crippen molar-refractivity contribution in [3.05, 3.63) is 12.4 Å². The summed E-state index contributed by atoms with van der Waals surface area (Å²) in [6.07, 6.45) is 3.86. The molecule has 0 saturated carbocycles. The Balaban J connectivity index is 1.53. The third-order valence-electron chi connectivity index (χ3n) is 4.20. The van der Waals surface area contributed by atoms with Gasteiger partial charge in [0.15, 0.2) is 0 Å². The minimum Gasteiger partial charge on any atom is -0.377 e. The third-order valence-corrected chi connectivity index (χ3v) is 4.20. The average molecular weight is 307 g/mol. The monoisotopic (exact) mass is 307 g/mol. The van der Waals surface area contributed by atoms with Crippen molar-refractivity contribution in [1.29, 1.82) is 0 Å². The Morgan fingerprint density at radius 3 is 3.23 bits per heavy atom. The molecule has 2 aliphatic rings. The SMILES string of the molecule is CN(C)c1cc(NCC2CCC3(CNCCOC3)O2)ncn1. The van der Waals surface area contributed by atoms with Gasteiger partial charge >= 0.3 is 0 Å². The van der Waals surface area contributed by atoms with E-state index in [-0.39, 0.29) is 11.7 Å². The Morgan fingerprint density at radius 2 is 2.36 bits per heavy atom. The van der Waals surface area contributed by atoms with Crippen molar-refractivity contribution in [2.24, 2.45) is 0 Å². The van der Waals surface area contributed by atoms with Gasteiger partial charge in [-0.05, 0) is 12.8 Å². The van der Waals surface area contributed by atoms with E-state index in [2.05, 4.69) is 20.6 Å². The van der Waals surface area contributed by atoms with Crippen LogP contribution in [0.5, 0.6) is 0 Å². The van der Waals surface area contributed by atoms with Crippen LogP contribution >= 0.6 is 0 Å². The largest absolute Gasteiger partial charge is 0.377 e. The number of hydrogen-bond acceptors (Lipinski definition) is 7. The molecule has 3 rings (SSSR count). The Hall–Kier alpha value is -1.44. The van der Waals surface area contributed by atoms with Gasteiger partial charge in [-0.15, -0.1) is 0 Å². The fourth-order valence-corrected chi connectivity index (χ4v) is 2.95. The smallest absolute Gasteiger partial charge is 0.133 e. The lowest BCUT2D eigenvalue weighted by atomic mass is 10.0. The molecule has 3 heterocycles. The summed E-state index contributed by atoms with van der Waals surface area (Å²) >= 11 is 0. The van der Waals surface area contributed by atoms with Gasteiger partial charge in [-0.25, -0.2) is 9.97 Å². The van der Waals surface area contributed by atoms with Gasteiger partial charge in [-0.1, -0.05) is 0 Å². The van der Waals surface area contributed by atoms with Gasteiger partial charge in [0.2, 0.25) is 0 Å². The lowest BCUT2D eigenvalue weighted by Crippen LogP contribution is -2.43. The molecule has 22 heavy (non-hydrogen) atoms. The molecule has 2 unspecified atom stereocenters. The lowest BCUT2D eigenvalue weighted by Gasteiger charge is -2.27. The molecule has 2 N–H and O–H groups in total. The molecule has 0 aromatic carbocycles. The van der Waals surface area contributed by atoms with E-state index in [9.17, 15) is 0 Å². The van der Waals surface area contributed by atoms with Crippen LogP contribution in [-0.2, 0) is 9.47 Å². The number of hydrogen-bond donors (Lipinski definition) is 2. The summed E-state index contributed by atoms with van der Waals surface area (Å²) in [4.78, 5) is 10.4. The first-order chi connectivity index (χ1) is 10.7. The quantitative estimate of drug-likeness (QED) is 0.839. The topological polar surface area (TPSA) is 71.5 Å². The van der Waals surface area contributed by atoms with Crippen molar-refractivity contribution >= 4 is 11.6 Å². The Kier molecular flexibility index (Phi) is 4.75. The van der Waals surface area contributed by atoms with E-state index in [1.165, 1.54) is 0 Å². The molecule has 1 spiro atoms. The zero-order valence-electron chi connectivity index (χ0n) is 13.3. The van der Waals surface area contributed by atoms with E-state index in [0.29, 0.717) is 6.61 Å². The van der Waals surface area contributed by atoms with E-state index in [1.807, 2.05) is 25.1 Å². The van der Waals surface area contributed by atoms with Crippen molar-refractivity contribution in [2.75, 3.05) is 57.2 Å². The molecule has 0 aliphatic carbocycles. The van der Waals surface area contributed by atoms with Gasteiger partial charge in [0.1, 0.15) is 23.6 Å². The molecule has 2 atom stereocenters. The maximum Gasteiger partial charge on any atom is 0.133 e. The highest BCUT2D eigenvalue weighted by atomic mass is 16.6. The van der Waals surface area contributed by atoms with Crippen LogP contribution in [0, 0.1) is 0 Å². The zero-order chi connectivity index (χ0) is 15.4. The first kappa shape index (κ1) is 15.5. The van der Waals surface area contributed by atoms with Crippen molar-refractivity contribution in [2.45, 2.75) is 24.5 Å². The molecule has 1 aromatic heterocycles. The number of rotatable bonds is 4. The van der Waals surface area contributed by atoms with E-state index in [4.69, 9.17) is 9.47 Å². The maximum absolute atomic E-state index is 6.27. The highest BCUT2D eigenvalue weighted by Crippen LogP contribution is 2.31. The molecular weight excluding hydrogens is 282 g/mol. The summed E-state index contributed by atoms with van der Waals surface area (Å²) < 4.78 is 11.9. The van der Waals surface area contributed by atoms with Crippen LogP contribution in [0.4, 0.5) is 11.6 Å². The van der Waals surface area contributed by atoms with Crippen LogP contribution in [0.2, 0.25) is 0 Å². The maximum atomic E-state index is 6.27. The van der Waals surface area contributed by atoms with Crippen LogP contribution in [0.1, 0.15) is 12.8 Å². The minimum atomic E-state index is -0.149.